The lowest BCUT2D eigenvalue weighted by Crippen LogP contribution is -2.68. The smallest absolute Gasteiger partial charge is 0.356 e. The molecule has 2 aromatic rings. The third-order valence-electron chi connectivity index (χ3n) is 5.75. The van der Waals surface area contributed by atoms with Crippen LogP contribution in [0, 0.1) is 0 Å². The Morgan fingerprint density at radius 1 is 1.12 bits per heavy atom. The molecular formula is C25H22N2O5S2. The number of nitrogens with zero attached hydrogens (tertiary/aromatic N) is 1. The lowest BCUT2D eigenvalue weighted by Gasteiger charge is -2.48. The summed E-state index contributed by atoms with van der Waals surface area (Å²) in [4.78, 5) is 39.8. The molecule has 2 N–H and O–H groups in total. The largest absolute Gasteiger partial charge is 0.458 e. The summed E-state index contributed by atoms with van der Waals surface area (Å²) in [5, 5.41) is -0.290. The number of carbonyl (C=O) groups is 3. The zero-order chi connectivity index (χ0) is 23.7. The predicted molar refractivity (Wildman–Crippen MR) is 130 cm³/mol. The molecule has 0 aliphatic carbocycles. The molecule has 0 aromatic heterocycles. The van der Waals surface area contributed by atoms with Crippen molar-refractivity contribution in [2.75, 3.05) is 18.1 Å². The van der Waals surface area contributed by atoms with E-state index in [1.54, 1.807) is 0 Å². The van der Waals surface area contributed by atoms with Gasteiger partial charge in [0, 0.05) is 22.5 Å². The van der Waals surface area contributed by atoms with Gasteiger partial charge in [-0.3, -0.25) is 9.69 Å². The standard InChI is InChI=1S/C25H22N2O5S2/c26-20-23(29)27-21(18(14-34-24(20)27)33-13-15-11-19(28)31-12-15)25(30)32-22(16-7-3-1-4-8-16)17-9-5-2-6-10-17/h1-11,20,22,24H,12-14,26H2/t20-,24+/m1/s1. The van der Waals surface area contributed by atoms with Gasteiger partial charge in [-0.1, -0.05) is 60.7 Å². The summed E-state index contributed by atoms with van der Waals surface area (Å²) >= 11 is 2.94. The minimum absolute atomic E-state index is 0.239. The Bertz CT molecular complexity index is 1140. The average molecular weight is 495 g/mol. The molecule has 174 valence electrons. The summed E-state index contributed by atoms with van der Waals surface area (Å²) in [7, 11) is 0. The number of cyclic esters (lactones) is 1. The number of hydrogen-bond acceptors (Lipinski definition) is 8. The predicted octanol–water partition coefficient (Wildman–Crippen LogP) is 2.99. The number of carbonyl (C=O) groups excluding carboxylic acids is 3. The molecule has 3 heterocycles. The molecule has 1 amide bonds. The summed E-state index contributed by atoms with van der Waals surface area (Å²) < 4.78 is 11.0. The third-order valence-corrected chi connectivity index (χ3v) is 8.44. The fourth-order valence-electron chi connectivity index (χ4n) is 4.01. The van der Waals surface area contributed by atoms with E-state index in [0.717, 1.165) is 21.6 Å². The van der Waals surface area contributed by atoms with Gasteiger partial charge in [-0.2, -0.15) is 0 Å². The van der Waals surface area contributed by atoms with E-state index in [4.69, 9.17) is 15.2 Å². The zero-order valence-electron chi connectivity index (χ0n) is 18.1. The van der Waals surface area contributed by atoms with Crippen LogP contribution in [0.5, 0.6) is 0 Å². The van der Waals surface area contributed by atoms with E-state index < -0.39 is 18.1 Å². The van der Waals surface area contributed by atoms with Gasteiger partial charge in [-0.25, -0.2) is 9.59 Å². The molecule has 0 bridgehead atoms. The van der Waals surface area contributed by atoms with E-state index in [1.165, 1.54) is 34.5 Å². The second kappa shape index (κ2) is 9.69. The molecule has 34 heavy (non-hydrogen) atoms. The van der Waals surface area contributed by atoms with Crippen molar-refractivity contribution < 1.29 is 23.9 Å². The van der Waals surface area contributed by atoms with Crippen molar-refractivity contribution in [2.24, 2.45) is 5.73 Å². The minimum atomic E-state index is -0.637. The Morgan fingerprint density at radius 2 is 1.76 bits per heavy atom. The van der Waals surface area contributed by atoms with Crippen molar-refractivity contribution in [3.05, 3.63) is 94.0 Å². The van der Waals surface area contributed by atoms with Crippen LogP contribution in [0.3, 0.4) is 0 Å². The topological polar surface area (TPSA) is 98.9 Å². The van der Waals surface area contributed by atoms with E-state index in [0.29, 0.717) is 11.5 Å². The SMILES string of the molecule is N[C@@H]1C(=O)N2C(C(=O)OC(c3ccccc3)c3ccccc3)=C(SCC3=CC(=O)OC3)CS[C@@H]12. The molecule has 0 spiro atoms. The molecule has 1 fully saturated rings. The Labute approximate surface area is 205 Å². The summed E-state index contributed by atoms with van der Waals surface area (Å²) in [6.45, 7) is 0.242. The second-order valence-corrected chi connectivity index (χ2v) is 10.2. The van der Waals surface area contributed by atoms with Crippen molar-refractivity contribution >= 4 is 41.4 Å². The highest BCUT2D eigenvalue weighted by molar-refractivity contribution is 8.06. The number of thioether (sulfide) groups is 2. The first-order chi connectivity index (χ1) is 16.5. The fraction of sp³-hybridized carbons (Fsp3) is 0.240. The first kappa shape index (κ1) is 22.8. The molecule has 3 aliphatic heterocycles. The van der Waals surface area contributed by atoms with E-state index in [2.05, 4.69) is 0 Å². The Hall–Kier alpha value is -3.01. The van der Waals surface area contributed by atoms with Crippen molar-refractivity contribution in [1.82, 2.24) is 4.90 Å². The molecule has 1 saturated heterocycles. The molecule has 2 aromatic carbocycles. The Balaban J connectivity index is 1.46. The highest BCUT2D eigenvalue weighted by Crippen LogP contribution is 2.44. The van der Waals surface area contributed by atoms with E-state index in [1.807, 2.05) is 60.7 Å². The zero-order valence-corrected chi connectivity index (χ0v) is 19.7. The third kappa shape index (κ3) is 4.38. The van der Waals surface area contributed by atoms with E-state index in [9.17, 15) is 14.4 Å². The minimum Gasteiger partial charge on any atom is -0.458 e. The van der Waals surface area contributed by atoms with Crippen molar-refractivity contribution in [3.8, 4) is 0 Å². The van der Waals surface area contributed by atoms with Gasteiger partial charge in [0.05, 0.1) is 0 Å². The highest BCUT2D eigenvalue weighted by Gasteiger charge is 2.52. The van der Waals surface area contributed by atoms with Crippen LogP contribution in [0.15, 0.2) is 82.9 Å². The number of rotatable bonds is 7. The van der Waals surface area contributed by atoms with Crippen molar-refractivity contribution in [1.29, 1.82) is 0 Å². The molecule has 3 aliphatic rings. The van der Waals surface area contributed by atoms with Crippen LogP contribution >= 0.6 is 23.5 Å². The van der Waals surface area contributed by atoms with Gasteiger partial charge in [0.1, 0.15) is 23.7 Å². The van der Waals surface area contributed by atoms with Crippen LogP contribution in [-0.2, 0) is 23.9 Å². The summed E-state index contributed by atoms with van der Waals surface area (Å²) in [5.41, 5.74) is 8.73. The summed E-state index contributed by atoms with van der Waals surface area (Å²) in [6, 6.07) is 18.4. The molecule has 0 unspecified atom stereocenters. The summed E-state index contributed by atoms with van der Waals surface area (Å²) in [5.74, 6) is -0.214. The quantitative estimate of drug-likeness (QED) is 0.463. The maximum Gasteiger partial charge on any atom is 0.356 e. The molecule has 9 heteroatoms. The summed E-state index contributed by atoms with van der Waals surface area (Å²) in [6.07, 6.45) is 0.839. The molecule has 2 atom stereocenters. The number of ether oxygens (including phenoxy) is 2. The van der Waals surface area contributed by atoms with Gasteiger partial charge < -0.3 is 15.2 Å². The molecular weight excluding hydrogens is 472 g/mol. The lowest BCUT2D eigenvalue weighted by atomic mass is 10.0. The number of fused-ring (bicyclic) bond motifs is 1. The van der Waals surface area contributed by atoms with Crippen LogP contribution in [0.25, 0.3) is 0 Å². The van der Waals surface area contributed by atoms with Gasteiger partial charge >= 0.3 is 11.9 Å². The monoisotopic (exact) mass is 494 g/mol. The number of benzene rings is 2. The van der Waals surface area contributed by atoms with Crippen LogP contribution < -0.4 is 5.73 Å². The fourth-order valence-corrected chi connectivity index (χ4v) is 6.54. The molecule has 7 nitrogen and oxygen atoms in total. The highest BCUT2D eigenvalue weighted by atomic mass is 32.2. The van der Waals surface area contributed by atoms with Gasteiger partial charge in [0.15, 0.2) is 6.10 Å². The molecule has 0 saturated carbocycles. The van der Waals surface area contributed by atoms with Crippen molar-refractivity contribution in [2.45, 2.75) is 17.5 Å². The maximum atomic E-state index is 13.6. The number of nitrogens with two attached hydrogens (primary N) is 1. The Kier molecular flexibility index (Phi) is 6.49. The van der Waals surface area contributed by atoms with Crippen LogP contribution in [0.2, 0.25) is 0 Å². The first-order valence-corrected chi connectivity index (χ1v) is 12.8. The molecule has 0 radical (unpaired) electrons. The maximum absolute atomic E-state index is 13.6. The van der Waals surface area contributed by atoms with Gasteiger partial charge in [0.2, 0.25) is 5.91 Å². The number of β-lactam (4-membered cyclic amide) rings is 1. The van der Waals surface area contributed by atoms with Gasteiger partial charge in [-0.15, -0.1) is 23.5 Å². The lowest BCUT2D eigenvalue weighted by molar-refractivity contribution is -0.152. The first-order valence-electron chi connectivity index (χ1n) is 10.8. The van der Waals surface area contributed by atoms with Crippen molar-refractivity contribution in [3.63, 3.8) is 0 Å². The van der Waals surface area contributed by atoms with E-state index >= 15 is 0 Å². The second-order valence-electron chi connectivity index (χ2n) is 8.01. The Morgan fingerprint density at radius 3 is 2.35 bits per heavy atom. The normalized spacial score (nSPS) is 21.7. The van der Waals surface area contributed by atoms with E-state index in [-0.39, 0.29) is 29.6 Å². The van der Waals surface area contributed by atoms with Gasteiger partial charge in [-0.05, 0) is 16.7 Å². The number of hydrogen-bond donors (Lipinski definition) is 1. The molecule has 5 rings (SSSR count). The van der Waals surface area contributed by atoms with Crippen LogP contribution in [0.4, 0.5) is 0 Å². The van der Waals surface area contributed by atoms with Crippen LogP contribution in [0.1, 0.15) is 17.2 Å². The average Bonchev–Trinajstić information content (AvgIpc) is 3.30. The number of esters is 2. The number of amides is 1. The van der Waals surface area contributed by atoms with Crippen LogP contribution in [-0.4, -0.2) is 52.3 Å². The van der Waals surface area contributed by atoms with Gasteiger partial charge in [0.25, 0.3) is 0 Å².